The second-order valence-corrected chi connectivity index (χ2v) is 3.75. The molecule has 0 aromatic heterocycles. The maximum Gasteiger partial charge on any atom is 0.127 e. The lowest BCUT2D eigenvalue weighted by Crippen LogP contribution is -1.89. The average molecular weight is 175 g/mol. The highest BCUT2D eigenvalue weighted by Gasteiger charge is 2.20. The fraction of sp³-hybridized carbons (Fsp3) is 0.500. The van der Waals surface area contributed by atoms with Crippen LogP contribution in [0.1, 0.15) is 24.8 Å². The van der Waals surface area contributed by atoms with Gasteiger partial charge >= 0.3 is 0 Å². The molecule has 0 bridgehead atoms. The van der Waals surface area contributed by atoms with E-state index in [-0.39, 0.29) is 0 Å². The Morgan fingerprint density at radius 3 is 3.08 bits per heavy atom. The molecule has 2 rings (SSSR count). The Hall–Kier alpha value is -0.980. The lowest BCUT2D eigenvalue weighted by Gasteiger charge is -2.02. The normalized spacial score (nSPS) is 15.8. The van der Waals surface area contributed by atoms with E-state index in [4.69, 9.17) is 4.74 Å². The largest absolute Gasteiger partial charge is 0.496 e. The van der Waals surface area contributed by atoms with Crippen molar-refractivity contribution in [2.45, 2.75) is 25.7 Å². The number of methoxy groups -OCH3 is 1. The van der Waals surface area contributed by atoms with Crippen molar-refractivity contribution in [2.75, 3.05) is 7.11 Å². The number of aryl methyl sites for hydroxylation is 1. The van der Waals surface area contributed by atoms with Gasteiger partial charge in [-0.15, -0.1) is 0 Å². The summed E-state index contributed by atoms with van der Waals surface area (Å²) < 4.78 is 5.12. The van der Waals surface area contributed by atoms with Crippen molar-refractivity contribution >= 4 is 0 Å². The van der Waals surface area contributed by atoms with Gasteiger partial charge in [0.15, 0.2) is 0 Å². The van der Waals surface area contributed by atoms with E-state index >= 15 is 0 Å². The average Bonchev–Trinajstić information content (AvgIpc) is 2.99. The Balaban J connectivity index is 1.93. The molecular formula is C12H15O. The third-order valence-corrected chi connectivity index (χ3v) is 2.60. The van der Waals surface area contributed by atoms with Crippen molar-refractivity contribution in [3.05, 3.63) is 29.8 Å². The molecule has 1 aliphatic carbocycles. The molecule has 0 unspecified atom stereocenters. The first-order valence-electron chi connectivity index (χ1n) is 4.93. The summed E-state index contributed by atoms with van der Waals surface area (Å²) in [7, 11) is 1.69. The van der Waals surface area contributed by atoms with Gasteiger partial charge in [0.1, 0.15) is 5.75 Å². The molecule has 1 heteroatoms. The number of ether oxygens (including phenoxy) is 1. The number of benzene rings is 1. The van der Waals surface area contributed by atoms with Crippen molar-refractivity contribution in [2.24, 2.45) is 5.92 Å². The van der Waals surface area contributed by atoms with Crippen molar-refractivity contribution < 1.29 is 4.74 Å². The van der Waals surface area contributed by atoms with Crippen LogP contribution in [0.2, 0.25) is 0 Å². The van der Waals surface area contributed by atoms with Crippen molar-refractivity contribution in [1.82, 2.24) is 0 Å². The molecule has 0 amide bonds. The van der Waals surface area contributed by atoms with Gasteiger partial charge in [-0.3, -0.25) is 0 Å². The minimum atomic E-state index is 0.855. The van der Waals surface area contributed by atoms with Crippen molar-refractivity contribution in [1.29, 1.82) is 0 Å². The third kappa shape index (κ3) is 2.48. The van der Waals surface area contributed by atoms with Crippen LogP contribution in [0.5, 0.6) is 5.75 Å². The molecular weight excluding hydrogens is 160 g/mol. The van der Waals surface area contributed by atoms with Gasteiger partial charge in [0, 0.05) is 6.07 Å². The van der Waals surface area contributed by atoms with Crippen LogP contribution in [-0.4, -0.2) is 7.11 Å². The molecule has 1 aliphatic rings. The highest BCUT2D eigenvalue weighted by atomic mass is 16.5. The second-order valence-electron chi connectivity index (χ2n) is 3.75. The summed E-state index contributed by atoms with van der Waals surface area (Å²) in [5.74, 6) is 1.86. The molecule has 1 saturated carbocycles. The van der Waals surface area contributed by atoms with Gasteiger partial charge in [0.05, 0.1) is 7.11 Å². The van der Waals surface area contributed by atoms with E-state index in [1.54, 1.807) is 7.11 Å². The van der Waals surface area contributed by atoms with Gasteiger partial charge in [0.25, 0.3) is 0 Å². The van der Waals surface area contributed by atoms with Gasteiger partial charge in [-0.05, 0) is 30.4 Å². The smallest absolute Gasteiger partial charge is 0.127 e. The molecule has 0 saturated heterocycles. The maximum atomic E-state index is 5.12. The zero-order chi connectivity index (χ0) is 9.10. The predicted molar refractivity (Wildman–Crippen MR) is 52.9 cm³/mol. The van der Waals surface area contributed by atoms with E-state index in [0.717, 1.165) is 11.7 Å². The highest BCUT2D eigenvalue weighted by molar-refractivity contribution is 5.27. The first kappa shape index (κ1) is 8.61. The van der Waals surface area contributed by atoms with E-state index in [0.29, 0.717) is 0 Å². The number of hydrogen-bond donors (Lipinski definition) is 0. The molecule has 1 radical (unpaired) electrons. The topological polar surface area (TPSA) is 9.23 Å². The number of hydrogen-bond acceptors (Lipinski definition) is 1. The molecule has 0 heterocycles. The Morgan fingerprint density at radius 1 is 1.54 bits per heavy atom. The Labute approximate surface area is 79.7 Å². The van der Waals surface area contributed by atoms with Crippen LogP contribution in [-0.2, 0) is 6.42 Å². The molecule has 0 atom stereocenters. The van der Waals surface area contributed by atoms with Gasteiger partial charge in [-0.25, -0.2) is 0 Å². The molecule has 1 nitrogen and oxygen atoms in total. The fourth-order valence-electron chi connectivity index (χ4n) is 1.54. The minimum absolute atomic E-state index is 0.855. The monoisotopic (exact) mass is 175 g/mol. The van der Waals surface area contributed by atoms with Crippen LogP contribution < -0.4 is 4.74 Å². The van der Waals surface area contributed by atoms with E-state index in [1.165, 1.54) is 31.2 Å². The first-order chi connectivity index (χ1) is 6.38. The Morgan fingerprint density at radius 2 is 2.38 bits per heavy atom. The highest BCUT2D eigenvalue weighted by Crippen LogP contribution is 2.33. The van der Waals surface area contributed by atoms with Crippen LogP contribution in [0.15, 0.2) is 18.2 Å². The zero-order valence-electron chi connectivity index (χ0n) is 8.05. The lowest BCUT2D eigenvalue weighted by molar-refractivity contribution is 0.413. The second kappa shape index (κ2) is 3.82. The third-order valence-electron chi connectivity index (χ3n) is 2.60. The molecule has 0 N–H and O–H groups in total. The van der Waals surface area contributed by atoms with Crippen LogP contribution in [0.4, 0.5) is 0 Å². The molecule has 69 valence electrons. The van der Waals surface area contributed by atoms with E-state index in [9.17, 15) is 0 Å². The van der Waals surface area contributed by atoms with E-state index in [2.05, 4.69) is 18.2 Å². The summed E-state index contributed by atoms with van der Waals surface area (Å²) in [5.41, 5.74) is 1.38. The van der Waals surface area contributed by atoms with E-state index < -0.39 is 0 Å². The van der Waals surface area contributed by atoms with Gasteiger partial charge in [0.2, 0.25) is 0 Å². The summed E-state index contributed by atoms with van der Waals surface area (Å²) in [6.45, 7) is 0. The summed E-state index contributed by atoms with van der Waals surface area (Å²) in [4.78, 5) is 0. The fourth-order valence-corrected chi connectivity index (χ4v) is 1.54. The van der Waals surface area contributed by atoms with Gasteiger partial charge in [-0.1, -0.05) is 25.0 Å². The standard InChI is InChI=1S/C12H15O/c1-13-12-4-2-3-11(9-12)8-7-10-5-6-10/h2-3,9-10H,5-8H2,1H3. The van der Waals surface area contributed by atoms with E-state index in [1.807, 2.05) is 6.07 Å². The maximum absolute atomic E-state index is 5.12. The Bertz CT molecular complexity index is 276. The van der Waals surface area contributed by atoms with Crippen molar-refractivity contribution in [3.8, 4) is 5.75 Å². The minimum Gasteiger partial charge on any atom is -0.496 e. The van der Waals surface area contributed by atoms with Crippen LogP contribution in [0.3, 0.4) is 0 Å². The predicted octanol–water partition coefficient (Wildman–Crippen LogP) is 2.84. The molecule has 13 heavy (non-hydrogen) atoms. The summed E-state index contributed by atoms with van der Waals surface area (Å²) in [6, 6.07) is 9.20. The Kier molecular flexibility index (Phi) is 2.53. The van der Waals surface area contributed by atoms with Gasteiger partial charge < -0.3 is 4.74 Å². The lowest BCUT2D eigenvalue weighted by atomic mass is 10.1. The molecule has 1 fully saturated rings. The summed E-state index contributed by atoms with van der Waals surface area (Å²) >= 11 is 0. The van der Waals surface area contributed by atoms with Crippen molar-refractivity contribution in [3.63, 3.8) is 0 Å². The van der Waals surface area contributed by atoms with Crippen LogP contribution in [0, 0.1) is 12.0 Å². The van der Waals surface area contributed by atoms with Crippen LogP contribution >= 0.6 is 0 Å². The van der Waals surface area contributed by atoms with Crippen LogP contribution in [0.25, 0.3) is 0 Å². The first-order valence-corrected chi connectivity index (χ1v) is 4.93. The molecule has 0 spiro atoms. The quantitative estimate of drug-likeness (QED) is 0.683. The SMILES string of the molecule is COc1[c]ccc(CCC2CC2)c1. The summed E-state index contributed by atoms with van der Waals surface area (Å²) in [5, 5.41) is 0. The number of rotatable bonds is 4. The molecule has 1 aromatic rings. The summed E-state index contributed by atoms with van der Waals surface area (Å²) in [6.07, 6.45) is 5.41. The van der Waals surface area contributed by atoms with Gasteiger partial charge in [-0.2, -0.15) is 0 Å². The molecule has 0 aliphatic heterocycles. The zero-order valence-corrected chi connectivity index (χ0v) is 8.05. The molecule has 1 aromatic carbocycles.